The Balaban J connectivity index is 0.000000206. The van der Waals surface area contributed by atoms with Gasteiger partial charge in [-0.25, -0.2) is 22.0 Å². The smallest absolute Gasteiger partial charge is 0.168 e. The van der Waals surface area contributed by atoms with E-state index >= 15 is 0 Å². The highest BCUT2D eigenvalue weighted by Gasteiger charge is 2.32. The molecule has 15 heteroatoms. The Morgan fingerprint density at radius 1 is 0.267 bits per heavy atom. The second-order valence-electron chi connectivity index (χ2n) is 31.4. The Morgan fingerprint density at radius 2 is 0.448 bits per heavy atom. The minimum absolute atomic E-state index is 0.0731. The summed E-state index contributed by atoms with van der Waals surface area (Å²) in [5.41, 5.74) is 9.78. The number of hydrogen-bond donors (Lipinski definition) is 9. The Bertz CT molecular complexity index is 4060. The molecule has 9 N–H and O–H groups in total. The molecule has 2 unspecified atom stereocenters. The first-order valence-electron chi connectivity index (χ1n) is 34.9. The summed E-state index contributed by atoms with van der Waals surface area (Å²) in [5.74, 6) is -1.73. The van der Waals surface area contributed by atoms with Crippen molar-refractivity contribution in [1.82, 2.24) is 0 Å². The van der Waals surface area contributed by atoms with E-state index in [1.807, 2.05) is 104 Å². The maximum atomic E-state index is 14.1. The van der Waals surface area contributed by atoms with Crippen molar-refractivity contribution in [2.75, 3.05) is 0 Å². The van der Waals surface area contributed by atoms with E-state index in [0.717, 1.165) is 0 Å². The molecule has 0 radical (unpaired) electrons. The van der Waals surface area contributed by atoms with E-state index in [-0.39, 0.29) is 89.6 Å². The summed E-state index contributed by atoms with van der Waals surface area (Å²) >= 11 is 0. The molecule has 0 aliphatic heterocycles. The summed E-state index contributed by atoms with van der Waals surface area (Å²) in [7, 11) is 0. The molecular formula is C90H103F5O10. The molecule has 0 aliphatic carbocycles. The molecule has 0 fully saturated rings. The molecule has 0 spiro atoms. The quantitative estimate of drug-likeness (QED) is 0.0352. The van der Waals surface area contributed by atoms with Gasteiger partial charge in [0.2, 0.25) is 0 Å². The van der Waals surface area contributed by atoms with Gasteiger partial charge in [0.05, 0.1) is 57.5 Å². The van der Waals surface area contributed by atoms with Crippen LogP contribution in [0, 0.1) is 56.2 Å². The van der Waals surface area contributed by atoms with Crippen molar-refractivity contribution in [2.45, 2.75) is 161 Å². The third-order valence-corrected chi connectivity index (χ3v) is 17.7. The highest BCUT2D eigenvalue weighted by atomic mass is 19.1. The third kappa shape index (κ3) is 22.6. The predicted molar refractivity (Wildman–Crippen MR) is 410 cm³/mol. The first-order valence-corrected chi connectivity index (χ1v) is 34.9. The van der Waals surface area contributed by atoms with Crippen LogP contribution in [0.3, 0.4) is 0 Å². The van der Waals surface area contributed by atoms with E-state index in [1.165, 1.54) is 30.3 Å². The minimum atomic E-state index is -0.751. The van der Waals surface area contributed by atoms with Gasteiger partial charge in [-0.1, -0.05) is 280 Å². The van der Waals surface area contributed by atoms with E-state index in [1.54, 1.807) is 182 Å². The first kappa shape index (κ1) is 85.1. The fourth-order valence-corrected chi connectivity index (χ4v) is 11.5. The molecule has 4 atom stereocenters. The lowest BCUT2D eigenvalue weighted by molar-refractivity contribution is 0.0629. The van der Waals surface area contributed by atoms with Gasteiger partial charge in [0.1, 0.15) is 29.1 Å². The number of benzene rings is 10. The van der Waals surface area contributed by atoms with Crippen LogP contribution in [0.5, 0.6) is 0 Å². The zero-order chi connectivity index (χ0) is 78.1. The fraction of sp³-hybridized carbons (Fsp3) is 0.322. The zero-order valence-electron chi connectivity index (χ0n) is 62.9. The third-order valence-electron chi connectivity index (χ3n) is 17.7. The minimum Gasteiger partial charge on any atom is -0.392 e. The number of aliphatic hydroxyl groups excluding tert-OH is 9. The molecule has 0 saturated heterocycles. The number of hydrogen-bond acceptors (Lipinski definition) is 10. The van der Waals surface area contributed by atoms with Crippen molar-refractivity contribution in [3.8, 4) is 55.6 Å². The van der Waals surface area contributed by atoms with Gasteiger partial charge in [-0.2, -0.15) is 0 Å². The molecule has 0 aliphatic rings. The summed E-state index contributed by atoms with van der Waals surface area (Å²) in [6.45, 7) is 28.0. The first-order chi connectivity index (χ1) is 49.2. The van der Waals surface area contributed by atoms with Crippen LogP contribution in [0.25, 0.3) is 55.6 Å². The van der Waals surface area contributed by atoms with Crippen LogP contribution >= 0.6 is 0 Å². The predicted octanol–water partition coefficient (Wildman–Crippen LogP) is 20.5. The van der Waals surface area contributed by atoms with Crippen LogP contribution < -0.4 is 0 Å². The largest absolute Gasteiger partial charge is 0.392 e. The van der Waals surface area contributed by atoms with E-state index < -0.39 is 29.8 Å². The summed E-state index contributed by atoms with van der Waals surface area (Å²) in [6, 6.07) is 58.5. The summed E-state index contributed by atoms with van der Waals surface area (Å²) in [5, 5.41) is 88.9. The van der Waals surface area contributed by atoms with Gasteiger partial charge < -0.3 is 46.0 Å². The molecule has 0 amide bonds. The number of rotatable bonds is 15. The molecule has 105 heavy (non-hydrogen) atoms. The van der Waals surface area contributed by atoms with Gasteiger partial charge in [-0.05, 0) is 136 Å². The number of halogens is 5. The van der Waals surface area contributed by atoms with Crippen molar-refractivity contribution in [2.24, 2.45) is 27.1 Å². The zero-order valence-corrected chi connectivity index (χ0v) is 62.9. The van der Waals surface area contributed by atoms with E-state index in [0.29, 0.717) is 111 Å². The van der Waals surface area contributed by atoms with Crippen LogP contribution in [0.15, 0.2) is 212 Å². The van der Waals surface area contributed by atoms with Gasteiger partial charge in [0.15, 0.2) is 5.78 Å². The van der Waals surface area contributed by atoms with Crippen molar-refractivity contribution in [1.29, 1.82) is 0 Å². The van der Waals surface area contributed by atoms with Gasteiger partial charge in [0.25, 0.3) is 0 Å². The molecular weight excluding hydrogens is 1340 g/mol. The summed E-state index contributed by atoms with van der Waals surface area (Å²) in [4.78, 5) is 12.6. The van der Waals surface area contributed by atoms with Crippen molar-refractivity contribution in [3.63, 3.8) is 0 Å². The maximum absolute atomic E-state index is 14.1. The number of carbonyl (C=O) groups excluding carboxylic acids is 1. The van der Waals surface area contributed by atoms with Crippen LogP contribution in [-0.4, -0.2) is 51.7 Å². The van der Waals surface area contributed by atoms with E-state index in [2.05, 4.69) is 0 Å². The summed E-state index contributed by atoms with van der Waals surface area (Å²) in [6.07, 6.45) is -3.01. The van der Waals surface area contributed by atoms with E-state index in [4.69, 9.17) is 0 Å². The second kappa shape index (κ2) is 36.9. The lowest BCUT2D eigenvalue weighted by Gasteiger charge is -2.28. The molecule has 10 rings (SSSR count). The standard InChI is InChI=1S/4C18H21FO2.C18H19FO2/c5*1-18(2,3)17(21)15-10-12(11-20)8-9-13(15)14-6-4-5-7-16(14)19/h4*4-10,17,20-21H,11H2,1-3H3;4-10,20H,11H2,1-3H3/t2*17-;;;/m10.../s1. The maximum Gasteiger partial charge on any atom is 0.168 e. The Morgan fingerprint density at radius 3 is 0.629 bits per heavy atom. The SMILES string of the molecule is CC(C)(C)C(=O)c1cc(CO)ccc1-c1ccccc1F.CC(C)(C)C(O)c1cc(CO)ccc1-c1ccccc1F.CC(C)(C)C(O)c1cc(CO)ccc1-c1ccccc1F.CC(C)(C)[C@@H](O)c1cc(CO)ccc1-c1ccccc1F.CC(C)(C)[C@H](O)c1cc(CO)ccc1-c1ccccc1F. The Labute approximate surface area is 616 Å². The number of ketones is 1. The van der Waals surface area contributed by atoms with Gasteiger partial charge in [-0.15, -0.1) is 0 Å². The lowest BCUT2D eigenvalue weighted by Crippen LogP contribution is -2.21. The number of Topliss-reactive ketones (excluding diaryl/α,β-unsaturated/α-hetero) is 1. The van der Waals surface area contributed by atoms with Crippen LogP contribution in [-0.2, 0) is 33.0 Å². The Kier molecular flexibility index (Phi) is 29.9. The summed E-state index contributed by atoms with van der Waals surface area (Å²) < 4.78 is 70.3. The van der Waals surface area contributed by atoms with Gasteiger partial charge in [0, 0.05) is 38.8 Å². The molecule has 0 bridgehead atoms. The molecule has 10 aromatic carbocycles. The lowest BCUT2D eigenvalue weighted by atomic mass is 9.81. The average Bonchev–Trinajstić information content (AvgIpc) is 0.820. The molecule has 10 nitrogen and oxygen atoms in total. The Hall–Kier alpha value is -8.84. The van der Waals surface area contributed by atoms with Crippen LogP contribution in [0.2, 0.25) is 0 Å². The molecule has 0 saturated carbocycles. The molecule has 0 aromatic heterocycles. The number of aliphatic hydroxyl groups is 9. The monoisotopic (exact) mass is 1440 g/mol. The highest BCUT2D eigenvalue weighted by Crippen LogP contribution is 2.44. The molecule has 558 valence electrons. The van der Waals surface area contributed by atoms with Gasteiger partial charge >= 0.3 is 0 Å². The number of carbonyl (C=O) groups is 1. The average molecular weight is 1440 g/mol. The van der Waals surface area contributed by atoms with E-state index in [9.17, 15) is 72.7 Å². The van der Waals surface area contributed by atoms with Crippen molar-refractivity contribution in [3.05, 3.63) is 297 Å². The fourth-order valence-electron chi connectivity index (χ4n) is 11.5. The highest BCUT2D eigenvalue weighted by molar-refractivity contribution is 6.05. The van der Waals surface area contributed by atoms with Crippen LogP contribution in [0.1, 0.15) is 189 Å². The topological polar surface area (TPSA) is 199 Å². The molecule has 10 aromatic rings. The molecule has 0 heterocycles. The van der Waals surface area contributed by atoms with Crippen LogP contribution in [0.4, 0.5) is 22.0 Å². The van der Waals surface area contributed by atoms with Gasteiger partial charge in [-0.3, -0.25) is 4.79 Å². The van der Waals surface area contributed by atoms with Crippen molar-refractivity contribution >= 4 is 5.78 Å². The van der Waals surface area contributed by atoms with Crippen molar-refractivity contribution < 1.29 is 72.7 Å². The normalized spacial score (nSPS) is 12.9. The second-order valence-corrected chi connectivity index (χ2v) is 31.4.